The van der Waals surface area contributed by atoms with Crippen LogP contribution in [0.15, 0.2) is 11.6 Å². The molecule has 1 saturated heterocycles. The molecule has 1 heterocycles. The molecule has 4 heteroatoms. The highest BCUT2D eigenvalue weighted by Gasteiger charge is 2.68. The van der Waals surface area contributed by atoms with E-state index in [1.807, 2.05) is 6.92 Å². The van der Waals surface area contributed by atoms with Gasteiger partial charge in [-0.1, -0.05) is 24.5 Å². The molecule has 5 aliphatic rings. The maximum absolute atomic E-state index is 11.8. The lowest BCUT2D eigenvalue weighted by atomic mass is 9.45. The average molecular weight is 387 g/mol. The molecule has 2 N–H and O–H groups in total. The summed E-state index contributed by atoms with van der Waals surface area (Å²) in [5, 5.41) is 23.1. The minimum atomic E-state index is -1.09. The van der Waals surface area contributed by atoms with E-state index in [1.165, 1.54) is 5.57 Å². The Kier molecular flexibility index (Phi) is 4.15. The molecule has 5 rings (SSSR count). The van der Waals surface area contributed by atoms with Crippen LogP contribution in [-0.4, -0.2) is 40.4 Å². The van der Waals surface area contributed by atoms with Crippen molar-refractivity contribution in [2.45, 2.75) is 82.2 Å². The minimum Gasteiger partial charge on any atom is -0.390 e. The number of allylic oxidation sites excluding steroid dienone is 1. The van der Waals surface area contributed by atoms with Gasteiger partial charge in [-0.15, -0.1) is 6.42 Å². The second-order valence-electron chi connectivity index (χ2n) is 10.3. The first-order chi connectivity index (χ1) is 13.3. The van der Waals surface area contributed by atoms with Gasteiger partial charge in [0.15, 0.2) is 5.79 Å². The van der Waals surface area contributed by atoms with Crippen LogP contribution in [0.3, 0.4) is 0 Å². The van der Waals surface area contributed by atoms with Gasteiger partial charge in [-0.05, 0) is 69.1 Å². The number of rotatable bonds is 1. The average Bonchev–Trinajstić information content (AvgIpc) is 3.24. The molecule has 0 radical (unpaired) electrons. The summed E-state index contributed by atoms with van der Waals surface area (Å²) in [5.41, 5.74) is -0.860. The minimum absolute atomic E-state index is 0.232. The van der Waals surface area contributed by atoms with E-state index in [0.29, 0.717) is 43.8 Å². The van der Waals surface area contributed by atoms with Crippen molar-refractivity contribution in [1.82, 2.24) is 0 Å². The van der Waals surface area contributed by atoms with E-state index < -0.39 is 17.0 Å². The van der Waals surface area contributed by atoms with E-state index in [2.05, 4.69) is 18.9 Å². The van der Waals surface area contributed by atoms with Crippen LogP contribution in [-0.2, 0) is 9.47 Å². The maximum Gasteiger partial charge on any atom is 0.172 e. The second kappa shape index (κ2) is 6.08. The van der Waals surface area contributed by atoms with Gasteiger partial charge in [0.05, 0.1) is 18.8 Å². The summed E-state index contributed by atoms with van der Waals surface area (Å²) >= 11 is 0. The molecule has 0 aromatic heterocycles. The molecular formula is C24H34O4. The Balaban J connectivity index is 1.52. The Morgan fingerprint density at radius 3 is 2.64 bits per heavy atom. The van der Waals surface area contributed by atoms with E-state index >= 15 is 0 Å². The summed E-state index contributed by atoms with van der Waals surface area (Å²) in [6, 6.07) is 0. The SMILES string of the molecule is C#C[C@]1(O)CCC2C3CC=C4CC5(CCC4C3C(C)(O)C[C@@]21CC)OCCO5. The molecule has 0 amide bonds. The van der Waals surface area contributed by atoms with Crippen LogP contribution < -0.4 is 0 Å². The van der Waals surface area contributed by atoms with E-state index in [4.69, 9.17) is 15.9 Å². The predicted octanol–water partition coefficient (Wildman–Crippen LogP) is 3.42. The van der Waals surface area contributed by atoms with Gasteiger partial charge in [0.2, 0.25) is 0 Å². The smallest absolute Gasteiger partial charge is 0.172 e. The number of fused-ring (bicyclic) bond motifs is 5. The second-order valence-corrected chi connectivity index (χ2v) is 10.3. The molecular weight excluding hydrogens is 352 g/mol. The lowest BCUT2D eigenvalue weighted by Gasteiger charge is -2.61. The molecule has 4 fully saturated rings. The summed E-state index contributed by atoms with van der Waals surface area (Å²) in [7, 11) is 0. The zero-order chi connectivity index (χ0) is 19.8. The summed E-state index contributed by atoms with van der Waals surface area (Å²) in [5.74, 6) is 3.73. The number of hydrogen-bond acceptors (Lipinski definition) is 4. The highest BCUT2D eigenvalue weighted by atomic mass is 16.7. The predicted molar refractivity (Wildman–Crippen MR) is 106 cm³/mol. The number of hydrogen-bond donors (Lipinski definition) is 2. The van der Waals surface area contributed by atoms with Crippen LogP contribution in [0.5, 0.6) is 0 Å². The Morgan fingerprint density at radius 2 is 1.96 bits per heavy atom. The van der Waals surface area contributed by atoms with Crippen LogP contribution in [0, 0.1) is 41.4 Å². The Bertz CT molecular complexity index is 727. The third-order valence-electron chi connectivity index (χ3n) is 9.28. The van der Waals surface area contributed by atoms with Crippen LogP contribution in [0.25, 0.3) is 0 Å². The number of aliphatic hydroxyl groups is 2. The first kappa shape index (κ1) is 19.1. The summed E-state index contributed by atoms with van der Waals surface area (Å²) in [6.45, 7) is 5.52. The molecule has 0 aromatic carbocycles. The van der Waals surface area contributed by atoms with Crippen molar-refractivity contribution in [2.24, 2.45) is 29.1 Å². The van der Waals surface area contributed by atoms with Gasteiger partial charge in [-0.3, -0.25) is 0 Å². The van der Waals surface area contributed by atoms with Crippen LogP contribution in [0.4, 0.5) is 0 Å². The zero-order valence-corrected chi connectivity index (χ0v) is 17.2. The molecule has 154 valence electrons. The maximum atomic E-state index is 11.8. The van der Waals surface area contributed by atoms with Gasteiger partial charge in [-0.25, -0.2) is 0 Å². The van der Waals surface area contributed by atoms with Crippen molar-refractivity contribution in [1.29, 1.82) is 0 Å². The summed E-state index contributed by atoms with van der Waals surface area (Å²) < 4.78 is 12.0. The summed E-state index contributed by atoms with van der Waals surface area (Å²) in [4.78, 5) is 0. The number of ether oxygens (including phenoxy) is 2. The molecule has 4 aliphatic carbocycles. The molecule has 0 bridgehead atoms. The Morgan fingerprint density at radius 1 is 1.21 bits per heavy atom. The van der Waals surface area contributed by atoms with Crippen LogP contribution in [0.2, 0.25) is 0 Å². The highest BCUT2D eigenvalue weighted by molar-refractivity contribution is 5.30. The van der Waals surface area contributed by atoms with Gasteiger partial charge in [-0.2, -0.15) is 0 Å². The molecule has 7 atom stereocenters. The van der Waals surface area contributed by atoms with Crippen molar-refractivity contribution in [3.63, 3.8) is 0 Å². The zero-order valence-electron chi connectivity index (χ0n) is 17.2. The summed E-state index contributed by atoms with van der Waals surface area (Å²) in [6.07, 6.45) is 15.0. The van der Waals surface area contributed by atoms with E-state index in [9.17, 15) is 10.2 Å². The highest BCUT2D eigenvalue weighted by Crippen LogP contribution is 2.68. The monoisotopic (exact) mass is 386 g/mol. The largest absolute Gasteiger partial charge is 0.390 e. The molecule has 3 saturated carbocycles. The van der Waals surface area contributed by atoms with E-state index in [-0.39, 0.29) is 11.3 Å². The fourth-order valence-electron chi connectivity index (χ4n) is 8.26. The molecule has 4 nitrogen and oxygen atoms in total. The fraction of sp³-hybridized carbons (Fsp3) is 0.833. The third-order valence-corrected chi connectivity index (χ3v) is 9.28. The molecule has 28 heavy (non-hydrogen) atoms. The third kappa shape index (κ3) is 2.34. The van der Waals surface area contributed by atoms with Gasteiger partial charge in [0, 0.05) is 18.3 Å². The molecule has 1 spiro atoms. The molecule has 5 unspecified atom stereocenters. The first-order valence-electron chi connectivity index (χ1n) is 11.2. The van der Waals surface area contributed by atoms with Crippen LogP contribution >= 0.6 is 0 Å². The lowest BCUT2D eigenvalue weighted by Crippen LogP contribution is -2.62. The van der Waals surface area contributed by atoms with E-state index in [1.54, 1.807) is 0 Å². The van der Waals surface area contributed by atoms with Gasteiger partial charge in [0.1, 0.15) is 5.60 Å². The van der Waals surface area contributed by atoms with Crippen molar-refractivity contribution in [2.75, 3.05) is 13.2 Å². The van der Waals surface area contributed by atoms with Crippen LogP contribution in [0.1, 0.15) is 65.2 Å². The standard InChI is InChI=1S/C24H34O4/c1-4-22-15-21(3,25)20-17-8-11-24(27-12-13-28-24)14-16(17)6-7-18(20)19(22)9-10-23(22,26)5-2/h2,6,17-20,25-26H,4,7-15H2,1,3H3/t17?,18?,19?,20?,21?,22-,23-/m0/s1. The number of terminal acetylenes is 1. The lowest BCUT2D eigenvalue weighted by molar-refractivity contribution is -0.205. The van der Waals surface area contributed by atoms with Crippen molar-refractivity contribution < 1.29 is 19.7 Å². The van der Waals surface area contributed by atoms with Gasteiger partial charge < -0.3 is 19.7 Å². The first-order valence-corrected chi connectivity index (χ1v) is 11.2. The molecule has 0 aromatic rings. The van der Waals surface area contributed by atoms with Gasteiger partial charge in [0.25, 0.3) is 0 Å². The van der Waals surface area contributed by atoms with Crippen molar-refractivity contribution in [3.05, 3.63) is 11.6 Å². The normalized spacial score (nSPS) is 51.8. The topological polar surface area (TPSA) is 58.9 Å². The van der Waals surface area contributed by atoms with E-state index in [0.717, 1.165) is 38.5 Å². The Hall–Kier alpha value is -0.860. The molecule has 1 aliphatic heterocycles. The van der Waals surface area contributed by atoms with Crippen molar-refractivity contribution in [3.8, 4) is 12.3 Å². The fourth-order valence-corrected chi connectivity index (χ4v) is 8.26. The van der Waals surface area contributed by atoms with Crippen molar-refractivity contribution >= 4 is 0 Å². The Labute approximate surface area is 168 Å². The van der Waals surface area contributed by atoms with Gasteiger partial charge >= 0.3 is 0 Å². The quantitative estimate of drug-likeness (QED) is 0.536.